The van der Waals surface area contributed by atoms with Gasteiger partial charge in [0.15, 0.2) is 5.69 Å². The van der Waals surface area contributed by atoms with Gasteiger partial charge in [-0.2, -0.15) is 0 Å². The van der Waals surface area contributed by atoms with E-state index in [1.54, 1.807) is 5.38 Å². The zero-order valence-electron chi connectivity index (χ0n) is 9.68. The molecule has 1 aromatic carbocycles. The molecule has 2 aromatic rings. The Bertz CT molecular complexity index is 529. The summed E-state index contributed by atoms with van der Waals surface area (Å²) in [5, 5.41) is 11.1. The third kappa shape index (κ3) is 2.53. The topological polar surface area (TPSA) is 50.2 Å². The van der Waals surface area contributed by atoms with Crippen LogP contribution in [0.5, 0.6) is 0 Å². The monoisotopic (exact) mass is 247 g/mol. The minimum Gasteiger partial charge on any atom is -0.476 e. The molecule has 0 atom stereocenters. The van der Waals surface area contributed by atoms with E-state index in [9.17, 15) is 4.79 Å². The van der Waals surface area contributed by atoms with Crippen molar-refractivity contribution in [2.45, 2.75) is 19.8 Å². The number of hydrogen-bond donors (Lipinski definition) is 1. The van der Waals surface area contributed by atoms with Crippen LogP contribution in [0.3, 0.4) is 0 Å². The molecule has 0 aliphatic carbocycles. The molecule has 17 heavy (non-hydrogen) atoms. The average molecular weight is 247 g/mol. The number of aromatic nitrogens is 1. The highest BCUT2D eigenvalue weighted by Crippen LogP contribution is 2.25. The zero-order valence-corrected chi connectivity index (χ0v) is 10.5. The number of benzene rings is 1. The molecule has 88 valence electrons. The number of carboxylic acids is 1. The van der Waals surface area contributed by atoms with Gasteiger partial charge >= 0.3 is 5.97 Å². The van der Waals surface area contributed by atoms with Gasteiger partial charge in [-0.05, 0) is 11.5 Å². The van der Waals surface area contributed by atoms with Gasteiger partial charge in [-0.3, -0.25) is 0 Å². The molecular formula is C13H13NO2S. The standard InChI is InChI=1S/C13H13NO2S/c1-8(2)9-3-5-10(6-4-9)12-14-11(7-17-12)13(15)16/h3-8H,1-2H3,(H,15,16). The minimum absolute atomic E-state index is 0.109. The lowest BCUT2D eigenvalue weighted by Crippen LogP contribution is -1.95. The molecule has 0 saturated heterocycles. The normalized spacial score (nSPS) is 10.8. The molecule has 0 bridgehead atoms. The summed E-state index contributed by atoms with van der Waals surface area (Å²) in [7, 11) is 0. The molecule has 0 saturated carbocycles. The van der Waals surface area contributed by atoms with Gasteiger partial charge in [0.2, 0.25) is 0 Å². The van der Waals surface area contributed by atoms with E-state index in [0.29, 0.717) is 5.92 Å². The van der Waals surface area contributed by atoms with Gasteiger partial charge in [-0.15, -0.1) is 11.3 Å². The molecule has 2 rings (SSSR count). The van der Waals surface area contributed by atoms with Crippen LogP contribution in [-0.4, -0.2) is 16.1 Å². The number of nitrogens with zero attached hydrogens (tertiary/aromatic N) is 1. The largest absolute Gasteiger partial charge is 0.476 e. The molecular weight excluding hydrogens is 234 g/mol. The first-order valence-electron chi connectivity index (χ1n) is 5.37. The number of carbonyl (C=O) groups is 1. The van der Waals surface area contributed by atoms with Gasteiger partial charge in [0.1, 0.15) is 5.01 Å². The van der Waals surface area contributed by atoms with Crippen molar-refractivity contribution >= 4 is 17.3 Å². The fraction of sp³-hybridized carbons (Fsp3) is 0.231. The van der Waals surface area contributed by atoms with E-state index in [1.807, 2.05) is 12.1 Å². The van der Waals surface area contributed by atoms with Crippen LogP contribution in [0.2, 0.25) is 0 Å². The Kier molecular flexibility index (Phi) is 3.24. The van der Waals surface area contributed by atoms with Gasteiger partial charge in [0.05, 0.1) is 0 Å². The average Bonchev–Trinajstić information content (AvgIpc) is 2.78. The predicted molar refractivity (Wildman–Crippen MR) is 68.6 cm³/mol. The third-order valence-electron chi connectivity index (χ3n) is 2.55. The predicted octanol–water partition coefficient (Wildman–Crippen LogP) is 3.63. The summed E-state index contributed by atoms with van der Waals surface area (Å²) in [4.78, 5) is 14.8. The van der Waals surface area contributed by atoms with Crippen LogP contribution in [0.4, 0.5) is 0 Å². The van der Waals surface area contributed by atoms with Crippen molar-refractivity contribution in [1.29, 1.82) is 0 Å². The number of carboxylic acid groups (broad SMARTS) is 1. The van der Waals surface area contributed by atoms with Crippen LogP contribution in [0, 0.1) is 0 Å². The van der Waals surface area contributed by atoms with Gasteiger partial charge in [0, 0.05) is 10.9 Å². The molecule has 0 radical (unpaired) electrons. The molecule has 1 heterocycles. The zero-order chi connectivity index (χ0) is 12.4. The molecule has 1 N–H and O–H groups in total. The van der Waals surface area contributed by atoms with E-state index in [-0.39, 0.29) is 5.69 Å². The Morgan fingerprint density at radius 1 is 1.29 bits per heavy atom. The molecule has 4 heteroatoms. The summed E-state index contributed by atoms with van der Waals surface area (Å²) in [5.74, 6) is -0.485. The maximum absolute atomic E-state index is 10.7. The van der Waals surface area contributed by atoms with Crippen LogP contribution in [0.1, 0.15) is 35.8 Å². The molecule has 0 aliphatic heterocycles. The Morgan fingerprint density at radius 3 is 2.41 bits per heavy atom. The first kappa shape index (κ1) is 11.8. The van der Waals surface area contributed by atoms with Crippen LogP contribution in [-0.2, 0) is 0 Å². The third-order valence-corrected chi connectivity index (χ3v) is 3.44. The summed E-state index contributed by atoms with van der Waals surface area (Å²) in [5.41, 5.74) is 2.34. The number of hydrogen-bond acceptors (Lipinski definition) is 3. The van der Waals surface area contributed by atoms with Crippen molar-refractivity contribution in [3.63, 3.8) is 0 Å². The Morgan fingerprint density at radius 2 is 1.94 bits per heavy atom. The second kappa shape index (κ2) is 4.67. The molecule has 3 nitrogen and oxygen atoms in total. The number of thiazole rings is 1. The first-order chi connectivity index (χ1) is 8.08. The van der Waals surface area contributed by atoms with Crippen molar-refractivity contribution in [1.82, 2.24) is 4.98 Å². The fourth-order valence-electron chi connectivity index (χ4n) is 1.52. The highest BCUT2D eigenvalue weighted by atomic mass is 32.1. The van der Waals surface area contributed by atoms with Crippen molar-refractivity contribution in [2.75, 3.05) is 0 Å². The summed E-state index contributed by atoms with van der Waals surface area (Å²) < 4.78 is 0. The lowest BCUT2D eigenvalue weighted by molar-refractivity contribution is 0.0691. The number of aromatic carboxylic acids is 1. The second-order valence-electron chi connectivity index (χ2n) is 4.12. The van der Waals surface area contributed by atoms with Crippen LogP contribution >= 0.6 is 11.3 Å². The minimum atomic E-state index is -0.980. The Hall–Kier alpha value is -1.68. The van der Waals surface area contributed by atoms with E-state index in [1.165, 1.54) is 16.9 Å². The molecule has 1 aromatic heterocycles. The van der Waals surface area contributed by atoms with Crippen molar-refractivity contribution in [2.24, 2.45) is 0 Å². The maximum atomic E-state index is 10.7. The number of rotatable bonds is 3. The van der Waals surface area contributed by atoms with Crippen LogP contribution in [0.15, 0.2) is 29.6 Å². The van der Waals surface area contributed by atoms with Crippen molar-refractivity contribution < 1.29 is 9.90 Å². The van der Waals surface area contributed by atoms with Gasteiger partial charge in [-0.1, -0.05) is 38.1 Å². The second-order valence-corrected chi connectivity index (χ2v) is 4.98. The molecule has 0 amide bonds. The summed E-state index contributed by atoms with van der Waals surface area (Å²) in [6.45, 7) is 4.28. The first-order valence-corrected chi connectivity index (χ1v) is 6.25. The van der Waals surface area contributed by atoms with E-state index < -0.39 is 5.97 Å². The van der Waals surface area contributed by atoms with Gasteiger partial charge < -0.3 is 5.11 Å². The molecule has 0 aliphatic rings. The Labute approximate surface area is 104 Å². The van der Waals surface area contributed by atoms with E-state index in [4.69, 9.17) is 5.11 Å². The SMILES string of the molecule is CC(C)c1ccc(-c2nc(C(=O)O)cs2)cc1. The van der Waals surface area contributed by atoms with Crippen molar-refractivity contribution in [3.05, 3.63) is 40.9 Å². The lowest BCUT2D eigenvalue weighted by atomic mass is 10.0. The highest BCUT2D eigenvalue weighted by molar-refractivity contribution is 7.13. The van der Waals surface area contributed by atoms with E-state index >= 15 is 0 Å². The molecule has 0 unspecified atom stereocenters. The summed E-state index contributed by atoms with van der Waals surface area (Å²) >= 11 is 1.35. The smallest absolute Gasteiger partial charge is 0.355 e. The lowest BCUT2D eigenvalue weighted by Gasteiger charge is -2.05. The molecule has 0 spiro atoms. The fourth-order valence-corrected chi connectivity index (χ4v) is 2.32. The summed E-state index contributed by atoms with van der Waals surface area (Å²) in [6, 6.07) is 8.09. The van der Waals surface area contributed by atoms with Crippen LogP contribution < -0.4 is 0 Å². The van der Waals surface area contributed by atoms with E-state index in [2.05, 4.69) is 31.0 Å². The molecule has 0 fully saturated rings. The highest BCUT2D eigenvalue weighted by Gasteiger charge is 2.10. The van der Waals surface area contributed by atoms with Crippen molar-refractivity contribution in [3.8, 4) is 10.6 Å². The Balaban J connectivity index is 2.30. The van der Waals surface area contributed by atoms with Crippen LogP contribution in [0.25, 0.3) is 10.6 Å². The summed E-state index contributed by atoms with van der Waals surface area (Å²) in [6.07, 6.45) is 0. The van der Waals surface area contributed by atoms with E-state index in [0.717, 1.165) is 10.6 Å². The quantitative estimate of drug-likeness (QED) is 0.901. The van der Waals surface area contributed by atoms with Gasteiger partial charge in [0.25, 0.3) is 0 Å². The maximum Gasteiger partial charge on any atom is 0.355 e. The van der Waals surface area contributed by atoms with Gasteiger partial charge in [-0.25, -0.2) is 9.78 Å².